The summed E-state index contributed by atoms with van der Waals surface area (Å²) in [5.74, 6) is 0. The zero-order chi connectivity index (χ0) is 21.6. The van der Waals surface area contributed by atoms with Gasteiger partial charge in [-0.05, 0) is 27.1 Å². The molecule has 8 heteroatoms. The SMILES string of the molecule is O=c1[nH]c(=O)n(C2C[C@H](OCc3ccccc3)[C@H](COCc3ccccc3)S2)cc1Br. The molecule has 162 valence electrons. The van der Waals surface area contributed by atoms with Gasteiger partial charge in [-0.1, -0.05) is 60.7 Å². The first-order valence-corrected chi connectivity index (χ1v) is 11.8. The maximum Gasteiger partial charge on any atom is 0.329 e. The van der Waals surface area contributed by atoms with Crippen LogP contribution in [0.5, 0.6) is 0 Å². The summed E-state index contributed by atoms with van der Waals surface area (Å²) in [6.07, 6.45) is 2.12. The van der Waals surface area contributed by atoms with Crippen LogP contribution in [0.15, 0.2) is 80.9 Å². The molecule has 1 saturated heterocycles. The molecule has 0 aliphatic carbocycles. The normalized spacial score (nSPS) is 20.7. The van der Waals surface area contributed by atoms with Gasteiger partial charge in [0.25, 0.3) is 5.56 Å². The summed E-state index contributed by atoms with van der Waals surface area (Å²) in [6.45, 7) is 1.53. The lowest BCUT2D eigenvalue weighted by atomic mass is 10.1. The van der Waals surface area contributed by atoms with Crippen LogP contribution in [0.2, 0.25) is 0 Å². The molecule has 1 aliphatic heterocycles. The number of ether oxygens (including phenoxy) is 2. The molecule has 1 aliphatic rings. The van der Waals surface area contributed by atoms with Gasteiger partial charge in [0.15, 0.2) is 0 Å². The van der Waals surface area contributed by atoms with Gasteiger partial charge >= 0.3 is 5.69 Å². The molecule has 2 heterocycles. The fourth-order valence-electron chi connectivity index (χ4n) is 3.52. The molecule has 0 spiro atoms. The van der Waals surface area contributed by atoms with Crippen LogP contribution in [0.25, 0.3) is 0 Å². The highest BCUT2D eigenvalue weighted by Crippen LogP contribution is 2.43. The van der Waals surface area contributed by atoms with Crippen LogP contribution in [-0.4, -0.2) is 27.5 Å². The van der Waals surface area contributed by atoms with Crippen molar-refractivity contribution >= 4 is 27.7 Å². The molecule has 2 aromatic carbocycles. The first-order valence-electron chi connectivity index (χ1n) is 10.0. The largest absolute Gasteiger partial charge is 0.376 e. The Morgan fingerprint density at radius 3 is 2.32 bits per heavy atom. The predicted molar refractivity (Wildman–Crippen MR) is 125 cm³/mol. The standard InChI is InChI=1S/C23H23BrN2O4S/c24-18-12-26(23(28)25-22(18)27)21-11-19(30-14-17-9-5-2-6-10-17)20(31-21)15-29-13-16-7-3-1-4-8-16/h1-10,12,19-21H,11,13-15H2,(H,25,27,28)/t19-,20-,21?/m0/s1. The maximum absolute atomic E-state index is 12.4. The topological polar surface area (TPSA) is 73.3 Å². The second kappa shape index (κ2) is 10.5. The third-order valence-electron chi connectivity index (χ3n) is 5.12. The highest BCUT2D eigenvalue weighted by atomic mass is 79.9. The maximum atomic E-state index is 12.4. The molecule has 0 radical (unpaired) electrons. The highest BCUT2D eigenvalue weighted by Gasteiger charge is 2.37. The number of benzene rings is 2. The van der Waals surface area contributed by atoms with Crippen molar-refractivity contribution in [2.75, 3.05) is 6.61 Å². The number of H-pyrrole nitrogens is 1. The van der Waals surface area contributed by atoms with Crippen LogP contribution >= 0.6 is 27.7 Å². The lowest BCUT2D eigenvalue weighted by molar-refractivity contribution is 0.0134. The van der Waals surface area contributed by atoms with E-state index in [9.17, 15) is 9.59 Å². The molecule has 0 amide bonds. The first-order chi connectivity index (χ1) is 15.1. The molecule has 0 bridgehead atoms. The highest BCUT2D eigenvalue weighted by molar-refractivity contribution is 9.10. The van der Waals surface area contributed by atoms with Gasteiger partial charge in [0, 0.05) is 12.6 Å². The fourth-order valence-corrected chi connectivity index (χ4v) is 5.37. The third-order valence-corrected chi connectivity index (χ3v) is 7.20. The Kier molecular flexibility index (Phi) is 7.45. The van der Waals surface area contributed by atoms with Gasteiger partial charge in [0.2, 0.25) is 0 Å². The Morgan fingerprint density at radius 2 is 1.65 bits per heavy atom. The first kappa shape index (κ1) is 22.1. The number of hydrogen-bond donors (Lipinski definition) is 1. The minimum Gasteiger partial charge on any atom is -0.376 e. The van der Waals surface area contributed by atoms with Gasteiger partial charge in [0.1, 0.15) is 0 Å². The van der Waals surface area contributed by atoms with Crippen LogP contribution in [0.3, 0.4) is 0 Å². The molecule has 3 atom stereocenters. The smallest absolute Gasteiger partial charge is 0.329 e. The van der Waals surface area contributed by atoms with Crippen LogP contribution < -0.4 is 11.2 Å². The number of thioether (sulfide) groups is 1. The molecular weight excluding hydrogens is 480 g/mol. The summed E-state index contributed by atoms with van der Waals surface area (Å²) in [6, 6.07) is 20.0. The average molecular weight is 503 g/mol. The van der Waals surface area contributed by atoms with E-state index in [1.807, 2.05) is 60.7 Å². The van der Waals surface area contributed by atoms with E-state index in [0.29, 0.717) is 30.7 Å². The second-order valence-corrected chi connectivity index (χ2v) is 9.62. The molecule has 1 N–H and O–H groups in total. The third kappa shape index (κ3) is 5.77. The summed E-state index contributed by atoms with van der Waals surface area (Å²) >= 11 is 4.86. The van der Waals surface area contributed by atoms with E-state index < -0.39 is 11.2 Å². The number of rotatable bonds is 8. The summed E-state index contributed by atoms with van der Waals surface area (Å²) in [5.41, 5.74) is 1.37. The summed E-state index contributed by atoms with van der Waals surface area (Å²) in [5, 5.41) is -0.0817. The van der Waals surface area contributed by atoms with Crippen molar-refractivity contribution in [3.05, 3.63) is 103 Å². The van der Waals surface area contributed by atoms with Crippen LogP contribution in [0.1, 0.15) is 22.9 Å². The van der Waals surface area contributed by atoms with E-state index in [1.165, 1.54) is 0 Å². The predicted octanol–water partition coefficient (Wildman–Crippen LogP) is 4.11. The minimum atomic E-state index is -0.427. The average Bonchev–Trinajstić information content (AvgIpc) is 3.19. The van der Waals surface area contributed by atoms with Crippen molar-refractivity contribution < 1.29 is 9.47 Å². The Hall–Kier alpha value is -2.13. The molecule has 6 nitrogen and oxygen atoms in total. The van der Waals surface area contributed by atoms with Crippen molar-refractivity contribution in [3.63, 3.8) is 0 Å². The van der Waals surface area contributed by atoms with Crippen molar-refractivity contribution in [1.29, 1.82) is 0 Å². The van der Waals surface area contributed by atoms with Crippen molar-refractivity contribution in [2.45, 2.75) is 36.4 Å². The molecule has 31 heavy (non-hydrogen) atoms. The molecule has 1 aromatic heterocycles. The van der Waals surface area contributed by atoms with Crippen molar-refractivity contribution in [1.82, 2.24) is 9.55 Å². The Bertz CT molecular complexity index is 1100. The quantitative estimate of drug-likeness (QED) is 0.501. The van der Waals surface area contributed by atoms with Crippen LogP contribution in [0, 0.1) is 0 Å². The van der Waals surface area contributed by atoms with E-state index in [1.54, 1.807) is 22.5 Å². The zero-order valence-electron chi connectivity index (χ0n) is 16.8. The minimum absolute atomic E-state index is 0.0648. The number of halogens is 1. The van der Waals surface area contributed by atoms with Gasteiger partial charge in [-0.15, -0.1) is 11.8 Å². The number of aromatic nitrogens is 2. The fraction of sp³-hybridized carbons (Fsp3) is 0.304. The number of hydrogen-bond acceptors (Lipinski definition) is 5. The second-order valence-electron chi connectivity index (χ2n) is 7.34. The molecule has 3 aromatic rings. The van der Waals surface area contributed by atoms with Crippen LogP contribution in [0.4, 0.5) is 0 Å². The molecule has 1 fully saturated rings. The number of nitrogens with zero attached hydrogens (tertiary/aromatic N) is 1. The molecule has 1 unspecified atom stereocenters. The zero-order valence-corrected chi connectivity index (χ0v) is 19.2. The number of nitrogens with one attached hydrogen (secondary N) is 1. The van der Waals surface area contributed by atoms with Gasteiger partial charge in [0.05, 0.1) is 41.0 Å². The van der Waals surface area contributed by atoms with Crippen molar-refractivity contribution in [2.24, 2.45) is 0 Å². The van der Waals surface area contributed by atoms with Gasteiger partial charge in [-0.25, -0.2) is 4.79 Å². The molecule has 4 rings (SSSR count). The van der Waals surface area contributed by atoms with E-state index in [-0.39, 0.29) is 16.7 Å². The van der Waals surface area contributed by atoms with E-state index in [2.05, 4.69) is 20.9 Å². The van der Waals surface area contributed by atoms with Crippen LogP contribution in [-0.2, 0) is 22.7 Å². The van der Waals surface area contributed by atoms with Gasteiger partial charge < -0.3 is 9.47 Å². The lowest BCUT2D eigenvalue weighted by Gasteiger charge is -2.19. The Labute approximate surface area is 192 Å². The van der Waals surface area contributed by atoms with E-state index in [4.69, 9.17) is 9.47 Å². The molecule has 0 saturated carbocycles. The molecular formula is C23H23BrN2O4S. The summed E-state index contributed by atoms with van der Waals surface area (Å²) in [7, 11) is 0. The monoisotopic (exact) mass is 502 g/mol. The number of aromatic amines is 1. The van der Waals surface area contributed by atoms with E-state index >= 15 is 0 Å². The summed E-state index contributed by atoms with van der Waals surface area (Å²) < 4.78 is 14.1. The Balaban J connectivity index is 1.46. The summed E-state index contributed by atoms with van der Waals surface area (Å²) in [4.78, 5) is 26.4. The lowest BCUT2D eigenvalue weighted by Crippen LogP contribution is -2.31. The van der Waals surface area contributed by atoms with Gasteiger partial charge in [-0.3, -0.25) is 14.3 Å². The van der Waals surface area contributed by atoms with E-state index in [0.717, 1.165) is 11.1 Å². The Morgan fingerprint density at radius 1 is 1.00 bits per heavy atom. The van der Waals surface area contributed by atoms with Gasteiger partial charge in [-0.2, -0.15) is 0 Å². The van der Waals surface area contributed by atoms with Crippen molar-refractivity contribution in [3.8, 4) is 0 Å².